The number of nitrogens with one attached hydrogen (secondary N) is 3. The van der Waals surface area contributed by atoms with Gasteiger partial charge in [-0.1, -0.05) is 6.07 Å². The number of halogens is 3. The number of carbonyl (C=O) groups excluding carboxylic acids is 2. The van der Waals surface area contributed by atoms with Gasteiger partial charge in [-0.3, -0.25) is 15.0 Å². The molecule has 0 fully saturated rings. The van der Waals surface area contributed by atoms with Crippen LogP contribution in [0.2, 0.25) is 0 Å². The lowest BCUT2D eigenvalue weighted by Gasteiger charge is -2.09. The molecule has 0 aromatic heterocycles. The van der Waals surface area contributed by atoms with E-state index in [1.807, 2.05) is 0 Å². The number of ketones is 2. The largest absolute Gasteiger partial charge is 0.416 e. The van der Waals surface area contributed by atoms with Gasteiger partial charge in [0.1, 0.15) is 5.71 Å². The van der Waals surface area contributed by atoms with Crippen LogP contribution >= 0.6 is 0 Å². The molecule has 24 heavy (non-hydrogen) atoms. The molecule has 1 aromatic rings. The molecule has 1 rings (SSSR count). The number of rotatable bonds is 7. The molecule has 0 heterocycles. The maximum Gasteiger partial charge on any atom is 0.416 e. The molecule has 0 spiro atoms. The van der Waals surface area contributed by atoms with Crippen molar-refractivity contribution < 1.29 is 22.8 Å². The molecule has 3 N–H and O–H groups in total. The van der Waals surface area contributed by atoms with Crippen molar-refractivity contribution in [1.82, 2.24) is 5.32 Å². The molecule has 0 atom stereocenters. The topological polar surface area (TPSA) is 82.1 Å². The highest BCUT2D eigenvalue weighted by molar-refractivity contribution is 6.69. The first-order valence-corrected chi connectivity index (χ1v) is 6.78. The van der Waals surface area contributed by atoms with E-state index in [1.165, 1.54) is 25.3 Å². The van der Waals surface area contributed by atoms with Crippen LogP contribution in [0.3, 0.4) is 0 Å². The minimum absolute atomic E-state index is 0.0172. The van der Waals surface area contributed by atoms with Gasteiger partial charge in [0.05, 0.1) is 5.56 Å². The van der Waals surface area contributed by atoms with E-state index >= 15 is 0 Å². The van der Waals surface area contributed by atoms with Crippen molar-refractivity contribution >= 4 is 23.0 Å². The Hall–Kier alpha value is -2.90. The lowest BCUT2D eigenvalue weighted by Crippen LogP contribution is -2.23. The van der Waals surface area contributed by atoms with E-state index in [-0.39, 0.29) is 11.3 Å². The van der Waals surface area contributed by atoms with Crippen LogP contribution < -0.4 is 10.6 Å². The summed E-state index contributed by atoms with van der Waals surface area (Å²) < 4.78 is 37.9. The van der Waals surface area contributed by atoms with Crippen molar-refractivity contribution in [3.05, 3.63) is 53.9 Å². The van der Waals surface area contributed by atoms with Gasteiger partial charge >= 0.3 is 6.18 Å². The summed E-state index contributed by atoms with van der Waals surface area (Å²) in [4.78, 5) is 23.4. The molecule has 0 radical (unpaired) electrons. The van der Waals surface area contributed by atoms with Crippen LogP contribution in [-0.2, 0) is 15.8 Å². The predicted octanol–water partition coefficient (Wildman–Crippen LogP) is 2.91. The summed E-state index contributed by atoms with van der Waals surface area (Å²) >= 11 is 0. The molecule has 128 valence electrons. The van der Waals surface area contributed by atoms with E-state index in [1.54, 1.807) is 7.05 Å². The number of carbonyl (C=O) groups is 2. The summed E-state index contributed by atoms with van der Waals surface area (Å²) in [6.45, 7) is 1.35. The smallest absolute Gasteiger partial charge is 0.394 e. The molecule has 0 saturated heterocycles. The van der Waals surface area contributed by atoms with Crippen LogP contribution in [0.1, 0.15) is 12.5 Å². The fourth-order valence-electron chi connectivity index (χ4n) is 1.59. The zero-order chi connectivity index (χ0) is 18.3. The van der Waals surface area contributed by atoms with Crippen LogP contribution in [0, 0.1) is 5.41 Å². The average Bonchev–Trinajstić information content (AvgIpc) is 2.55. The molecule has 8 heteroatoms. The summed E-state index contributed by atoms with van der Waals surface area (Å²) in [6.07, 6.45) is -1.00. The zero-order valence-electron chi connectivity index (χ0n) is 13.0. The fourth-order valence-corrected chi connectivity index (χ4v) is 1.59. The maximum atomic E-state index is 12.6. The number of allylic oxidation sites excluding steroid dienone is 2. The van der Waals surface area contributed by atoms with Gasteiger partial charge in [-0.05, 0) is 25.1 Å². The monoisotopic (exact) mass is 339 g/mol. The van der Waals surface area contributed by atoms with Crippen molar-refractivity contribution in [2.75, 3.05) is 12.4 Å². The van der Waals surface area contributed by atoms with E-state index < -0.39 is 29.0 Å². The van der Waals surface area contributed by atoms with Crippen molar-refractivity contribution in [1.29, 1.82) is 5.41 Å². The molecule has 0 unspecified atom stereocenters. The number of hydrogen-bond acceptors (Lipinski definition) is 5. The molecular formula is C16H16F3N3O2. The minimum Gasteiger partial charge on any atom is -0.394 e. The van der Waals surface area contributed by atoms with Gasteiger partial charge in [0.2, 0.25) is 11.6 Å². The van der Waals surface area contributed by atoms with Gasteiger partial charge in [0, 0.05) is 36.8 Å². The number of benzene rings is 1. The lowest BCUT2D eigenvalue weighted by atomic mass is 10.1. The van der Waals surface area contributed by atoms with E-state index in [4.69, 9.17) is 5.41 Å². The van der Waals surface area contributed by atoms with E-state index in [0.717, 1.165) is 24.4 Å². The standard InChI is InChI=1S/C16H16F3N3O2/c1-10(15(24)14(20)13(23)6-7-21-2)9-22-12-5-3-4-11(8-12)16(17,18)19/h3-9,20-22H,1-2H3/b7-6+,10-9-,20-14?. The van der Waals surface area contributed by atoms with Crippen molar-refractivity contribution in [2.24, 2.45) is 0 Å². The van der Waals surface area contributed by atoms with E-state index in [2.05, 4.69) is 10.6 Å². The first-order valence-electron chi connectivity index (χ1n) is 6.78. The summed E-state index contributed by atoms with van der Waals surface area (Å²) in [5.74, 6) is -1.60. The number of Topliss-reactive ketones (excluding diaryl/α,β-unsaturated/α-hetero) is 1. The number of hydrogen-bond donors (Lipinski definition) is 3. The van der Waals surface area contributed by atoms with Gasteiger partial charge < -0.3 is 10.6 Å². The van der Waals surface area contributed by atoms with Crippen LogP contribution in [0.5, 0.6) is 0 Å². The summed E-state index contributed by atoms with van der Waals surface area (Å²) in [5.41, 5.74) is -1.42. The Morgan fingerprint density at radius 3 is 2.50 bits per heavy atom. The Morgan fingerprint density at radius 1 is 1.25 bits per heavy atom. The van der Waals surface area contributed by atoms with Crippen molar-refractivity contribution in [3.8, 4) is 0 Å². The Bertz CT molecular complexity index is 707. The zero-order valence-corrected chi connectivity index (χ0v) is 13.0. The maximum absolute atomic E-state index is 12.6. The summed E-state index contributed by atoms with van der Waals surface area (Å²) in [7, 11) is 1.55. The molecule has 0 aliphatic rings. The molecule has 1 aromatic carbocycles. The van der Waals surface area contributed by atoms with Crippen LogP contribution in [0.15, 0.2) is 48.3 Å². The van der Waals surface area contributed by atoms with Crippen LogP contribution in [0.4, 0.5) is 18.9 Å². The summed E-state index contributed by atoms with van der Waals surface area (Å²) in [6, 6.07) is 4.44. The quantitative estimate of drug-likeness (QED) is 0.405. The highest BCUT2D eigenvalue weighted by Gasteiger charge is 2.30. The average molecular weight is 339 g/mol. The van der Waals surface area contributed by atoms with Gasteiger partial charge in [-0.2, -0.15) is 13.2 Å². The second-order valence-electron chi connectivity index (χ2n) is 4.74. The second-order valence-corrected chi connectivity index (χ2v) is 4.74. The third-order valence-corrected chi connectivity index (χ3v) is 2.88. The SMILES string of the molecule is CN/C=C/C(=O)C(=N)C(=O)/C(C)=C\Nc1cccc(C(F)(F)F)c1. The van der Waals surface area contributed by atoms with Gasteiger partial charge in [-0.15, -0.1) is 0 Å². The second kappa shape index (κ2) is 8.09. The van der Waals surface area contributed by atoms with Gasteiger partial charge in [0.25, 0.3) is 0 Å². The van der Waals surface area contributed by atoms with Crippen molar-refractivity contribution in [2.45, 2.75) is 13.1 Å². The minimum atomic E-state index is -4.47. The Labute approximate surface area is 136 Å². The van der Waals surface area contributed by atoms with Gasteiger partial charge in [0.15, 0.2) is 0 Å². The number of anilines is 1. The van der Waals surface area contributed by atoms with Gasteiger partial charge in [-0.25, -0.2) is 0 Å². The van der Waals surface area contributed by atoms with Crippen LogP contribution in [-0.4, -0.2) is 24.3 Å². The third-order valence-electron chi connectivity index (χ3n) is 2.88. The molecule has 0 bridgehead atoms. The van der Waals surface area contributed by atoms with E-state index in [9.17, 15) is 22.8 Å². The van der Waals surface area contributed by atoms with Crippen LogP contribution in [0.25, 0.3) is 0 Å². The van der Waals surface area contributed by atoms with E-state index in [0.29, 0.717) is 0 Å². The number of alkyl halides is 3. The normalized spacial score (nSPS) is 12.1. The molecular weight excluding hydrogens is 323 g/mol. The first kappa shape index (κ1) is 19.1. The Balaban J connectivity index is 2.83. The Morgan fingerprint density at radius 2 is 1.92 bits per heavy atom. The third kappa shape index (κ3) is 5.38. The molecule has 5 nitrogen and oxygen atoms in total. The first-order chi connectivity index (χ1) is 11.2. The molecule has 0 amide bonds. The fraction of sp³-hybridized carbons (Fsp3) is 0.188. The van der Waals surface area contributed by atoms with Crippen molar-refractivity contribution in [3.63, 3.8) is 0 Å². The molecule has 0 aliphatic heterocycles. The Kier molecular flexibility index (Phi) is 6.46. The highest BCUT2D eigenvalue weighted by Crippen LogP contribution is 2.30. The summed E-state index contributed by atoms with van der Waals surface area (Å²) in [5, 5.41) is 12.6. The predicted molar refractivity (Wildman–Crippen MR) is 84.8 cm³/mol. The lowest BCUT2D eigenvalue weighted by molar-refractivity contribution is -0.137. The molecule has 0 saturated carbocycles. The molecule has 0 aliphatic carbocycles. The highest BCUT2D eigenvalue weighted by atomic mass is 19.4.